The molecule has 2 aliphatic rings. The first-order valence-electron chi connectivity index (χ1n) is 10.1. The molecule has 1 aromatic rings. The van der Waals surface area contributed by atoms with Gasteiger partial charge in [0.05, 0.1) is 6.42 Å². The SMILES string of the molecule is CC(=O)OC/C=C1\O[C@@H]2CC(=O)N2[C@@]1(CCCCCCc1ccccc1)C(=O)O. The largest absolute Gasteiger partial charge is 0.479 e. The number of carbonyl (C=O) groups is 3. The Kier molecular flexibility index (Phi) is 6.56. The van der Waals surface area contributed by atoms with Gasteiger partial charge in [0.2, 0.25) is 11.4 Å². The third kappa shape index (κ3) is 4.44. The molecular formula is C22H27NO6. The molecule has 1 aromatic carbocycles. The second-order valence-electron chi connectivity index (χ2n) is 7.48. The number of rotatable bonds is 10. The molecule has 3 rings (SSSR count). The molecule has 7 heteroatoms. The van der Waals surface area contributed by atoms with Crippen LogP contribution in [-0.4, -0.2) is 46.2 Å². The summed E-state index contributed by atoms with van der Waals surface area (Å²) in [7, 11) is 0. The normalized spacial score (nSPS) is 24.0. The Bertz CT molecular complexity index is 790. The molecule has 0 aromatic heterocycles. The van der Waals surface area contributed by atoms with Gasteiger partial charge in [0.25, 0.3) is 0 Å². The Labute approximate surface area is 170 Å². The number of fused-ring (bicyclic) bond motifs is 1. The van der Waals surface area contributed by atoms with Gasteiger partial charge in [-0.1, -0.05) is 49.6 Å². The van der Waals surface area contributed by atoms with E-state index in [0.717, 1.165) is 25.7 Å². The van der Waals surface area contributed by atoms with Crippen LogP contribution in [0.3, 0.4) is 0 Å². The summed E-state index contributed by atoms with van der Waals surface area (Å²) < 4.78 is 10.6. The molecule has 1 amide bonds. The number of carboxylic acids is 1. The van der Waals surface area contributed by atoms with Crippen molar-refractivity contribution in [1.82, 2.24) is 4.90 Å². The standard InChI is InChI=1S/C22H27NO6/c1-16(24)28-14-12-18-22(21(26)27,23-19(25)15-20(23)29-18)13-8-3-2-5-9-17-10-6-4-7-11-17/h4,6-7,10-12,20H,2-3,5,8-9,13-15H2,1H3,(H,26,27)/b18-12-/t20-,22-/m1/s1. The molecule has 0 radical (unpaired) electrons. The number of amides is 1. The van der Waals surface area contributed by atoms with E-state index in [0.29, 0.717) is 6.42 Å². The summed E-state index contributed by atoms with van der Waals surface area (Å²) in [4.78, 5) is 36.7. The second-order valence-corrected chi connectivity index (χ2v) is 7.48. The van der Waals surface area contributed by atoms with Gasteiger partial charge in [0, 0.05) is 6.92 Å². The van der Waals surface area contributed by atoms with Crippen molar-refractivity contribution in [2.45, 2.75) is 63.6 Å². The lowest BCUT2D eigenvalue weighted by molar-refractivity contribution is -0.171. The van der Waals surface area contributed by atoms with Gasteiger partial charge in [0.15, 0.2) is 6.23 Å². The molecule has 0 unspecified atom stereocenters. The summed E-state index contributed by atoms with van der Waals surface area (Å²) in [6.07, 6.45) is 5.91. The summed E-state index contributed by atoms with van der Waals surface area (Å²) in [5.41, 5.74) is -0.206. The van der Waals surface area contributed by atoms with Crippen molar-refractivity contribution >= 4 is 17.8 Å². The lowest BCUT2D eigenvalue weighted by Gasteiger charge is -2.40. The molecule has 2 heterocycles. The van der Waals surface area contributed by atoms with Crippen LogP contribution < -0.4 is 0 Å². The van der Waals surface area contributed by atoms with Crippen LogP contribution >= 0.6 is 0 Å². The van der Waals surface area contributed by atoms with Gasteiger partial charge in [-0.15, -0.1) is 0 Å². The van der Waals surface area contributed by atoms with Gasteiger partial charge >= 0.3 is 11.9 Å². The van der Waals surface area contributed by atoms with Crippen LogP contribution in [0, 0.1) is 0 Å². The third-order valence-electron chi connectivity index (χ3n) is 5.49. The number of unbranched alkanes of at least 4 members (excludes halogenated alkanes) is 3. The molecule has 0 spiro atoms. The lowest BCUT2D eigenvalue weighted by atomic mass is 9.86. The molecule has 0 bridgehead atoms. The van der Waals surface area contributed by atoms with E-state index >= 15 is 0 Å². The van der Waals surface area contributed by atoms with Crippen LogP contribution in [0.5, 0.6) is 0 Å². The van der Waals surface area contributed by atoms with E-state index in [1.54, 1.807) is 0 Å². The maximum absolute atomic E-state index is 12.2. The number of benzene rings is 1. The van der Waals surface area contributed by atoms with Crippen molar-refractivity contribution < 1.29 is 29.0 Å². The molecule has 29 heavy (non-hydrogen) atoms. The molecule has 1 N–H and O–H groups in total. The van der Waals surface area contributed by atoms with Crippen molar-refractivity contribution in [3.05, 3.63) is 47.7 Å². The quantitative estimate of drug-likeness (QED) is 0.368. The van der Waals surface area contributed by atoms with E-state index in [9.17, 15) is 19.5 Å². The molecule has 2 aliphatic heterocycles. The monoisotopic (exact) mass is 401 g/mol. The van der Waals surface area contributed by atoms with Crippen molar-refractivity contribution in [3.63, 3.8) is 0 Å². The van der Waals surface area contributed by atoms with Crippen LogP contribution in [0.1, 0.15) is 51.0 Å². The maximum atomic E-state index is 12.2. The molecule has 2 atom stereocenters. The van der Waals surface area contributed by atoms with Gasteiger partial charge in [-0.05, 0) is 30.9 Å². The van der Waals surface area contributed by atoms with Gasteiger partial charge < -0.3 is 14.6 Å². The number of aryl methyl sites for hydroxylation is 1. The van der Waals surface area contributed by atoms with Crippen LogP contribution in [-0.2, 0) is 30.3 Å². The number of aliphatic carboxylic acids is 1. The number of carboxylic acid groups (broad SMARTS) is 1. The smallest absolute Gasteiger partial charge is 0.337 e. The Hall–Kier alpha value is -2.83. The summed E-state index contributed by atoms with van der Waals surface area (Å²) >= 11 is 0. The fourth-order valence-corrected chi connectivity index (χ4v) is 4.02. The van der Waals surface area contributed by atoms with Gasteiger partial charge in [-0.25, -0.2) is 4.79 Å². The van der Waals surface area contributed by atoms with Crippen LogP contribution in [0.25, 0.3) is 0 Å². The van der Waals surface area contributed by atoms with E-state index < -0.39 is 23.7 Å². The van der Waals surface area contributed by atoms with Crippen molar-refractivity contribution in [1.29, 1.82) is 0 Å². The molecule has 2 fully saturated rings. The highest BCUT2D eigenvalue weighted by atomic mass is 16.5. The highest BCUT2D eigenvalue weighted by Gasteiger charge is 2.64. The molecule has 156 valence electrons. The average Bonchev–Trinajstić information content (AvgIpc) is 2.93. The van der Waals surface area contributed by atoms with Gasteiger partial charge in [-0.2, -0.15) is 0 Å². The topological polar surface area (TPSA) is 93.1 Å². The van der Waals surface area contributed by atoms with E-state index in [1.807, 2.05) is 18.2 Å². The van der Waals surface area contributed by atoms with Gasteiger partial charge in [-0.3, -0.25) is 14.5 Å². The third-order valence-corrected chi connectivity index (χ3v) is 5.49. The fourth-order valence-electron chi connectivity index (χ4n) is 4.02. The zero-order chi connectivity index (χ0) is 20.9. The minimum Gasteiger partial charge on any atom is -0.479 e. The Balaban J connectivity index is 1.59. The minimum absolute atomic E-state index is 0.0779. The average molecular weight is 401 g/mol. The first-order valence-corrected chi connectivity index (χ1v) is 10.1. The van der Waals surface area contributed by atoms with Gasteiger partial charge in [0.1, 0.15) is 12.4 Å². The Morgan fingerprint density at radius 3 is 2.62 bits per heavy atom. The number of esters is 1. The molecule has 0 saturated carbocycles. The van der Waals surface area contributed by atoms with Crippen molar-refractivity contribution in [3.8, 4) is 0 Å². The summed E-state index contributed by atoms with van der Waals surface area (Å²) in [5, 5.41) is 10.0. The van der Waals surface area contributed by atoms with Crippen molar-refractivity contribution in [2.24, 2.45) is 0 Å². The van der Waals surface area contributed by atoms with Crippen molar-refractivity contribution in [2.75, 3.05) is 6.61 Å². The first-order chi connectivity index (χ1) is 13.9. The molecule has 2 saturated heterocycles. The minimum atomic E-state index is -1.50. The number of ether oxygens (including phenoxy) is 2. The highest BCUT2D eigenvalue weighted by Crippen LogP contribution is 2.47. The Morgan fingerprint density at radius 2 is 1.97 bits per heavy atom. The second kappa shape index (κ2) is 9.11. The lowest BCUT2D eigenvalue weighted by Crippen LogP contribution is -2.62. The first kappa shape index (κ1) is 20.9. The zero-order valence-corrected chi connectivity index (χ0v) is 16.6. The van der Waals surface area contributed by atoms with E-state index in [1.165, 1.54) is 23.5 Å². The fraction of sp³-hybridized carbons (Fsp3) is 0.500. The van der Waals surface area contributed by atoms with E-state index in [-0.39, 0.29) is 31.1 Å². The summed E-state index contributed by atoms with van der Waals surface area (Å²) in [6.45, 7) is 1.20. The molecule has 0 aliphatic carbocycles. The summed E-state index contributed by atoms with van der Waals surface area (Å²) in [5.74, 6) is -1.59. The van der Waals surface area contributed by atoms with Crippen LogP contribution in [0.4, 0.5) is 0 Å². The van der Waals surface area contributed by atoms with E-state index in [2.05, 4.69) is 12.1 Å². The predicted octanol–water partition coefficient (Wildman–Crippen LogP) is 3.04. The van der Waals surface area contributed by atoms with Crippen LogP contribution in [0.2, 0.25) is 0 Å². The number of hydrogen-bond donors (Lipinski definition) is 1. The molecular weight excluding hydrogens is 374 g/mol. The molecule has 7 nitrogen and oxygen atoms in total. The van der Waals surface area contributed by atoms with Crippen LogP contribution in [0.15, 0.2) is 42.2 Å². The highest BCUT2D eigenvalue weighted by molar-refractivity contribution is 5.94. The summed E-state index contributed by atoms with van der Waals surface area (Å²) in [6, 6.07) is 10.2. The predicted molar refractivity (Wildman–Crippen MR) is 105 cm³/mol. The van der Waals surface area contributed by atoms with E-state index in [4.69, 9.17) is 9.47 Å². The number of carbonyl (C=O) groups excluding carboxylic acids is 2. The Morgan fingerprint density at radius 1 is 1.24 bits per heavy atom. The number of β-lactam (4-membered cyclic amide) rings is 1. The maximum Gasteiger partial charge on any atom is 0.337 e. The number of hydrogen-bond acceptors (Lipinski definition) is 5. The number of nitrogens with zero attached hydrogens (tertiary/aromatic N) is 1. The zero-order valence-electron chi connectivity index (χ0n) is 16.6.